The molecule has 2 N–H and O–H groups in total. The minimum Gasteiger partial charge on any atom is -0.354 e. The summed E-state index contributed by atoms with van der Waals surface area (Å²) in [6, 6.07) is 5.82. The fourth-order valence-corrected chi connectivity index (χ4v) is 4.19. The molecule has 1 aromatic heterocycles. The van der Waals surface area contributed by atoms with Crippen LogP contribution in [0.25, 0.3) is 5.69 Å². The number of aromatic nitrogens is 2. The molecule has 0 aliphatic heterocycles. The molecule has 1 aromatic carbocycles. The average Bonchev–Trinajstić information content (AvgIpc) is 3.02. The molecule has 1 aliphatic carbocycles. The Morgan fingerprint density at radius 3 is 2.50 bits per heavy atom. The molecule has 0 saturated heterocycles. The Hall–Kier alpha value is -2.34. The van der Waals surface area contributed by atoms with Gasteiger partial charge in [0.1, 0.15) is 0 Å². The van der Waals surface area contributed by atoms with Gasteiger partial charge in [0, 0.05) is 35.3 Å². The molecule has 0 bridgehead atoms. The summed E-state index contributed by atoms with van der Waals surface area (Å²) in [5.74, 6) is 0.184. The molecule has 1 aliphatic rings. The first-order valence-corrected chi connectivity index (χ1v) is 11.1. The topological polar surface area (TPSA) is 76.0 Å². The lowest BCUT2D eigenvalue weighted by Crippen LogP contribution is -2.38. The normalized spacial score (nSPS) is 14.5. The molecule has 0 radical (unpaired) electrons. The van der Waals surface area contributed by atoms with E-state index in [-0.39, 0.29) is 24.2 Å². The van der Waals surface area contributed by atoms with Gasteiger partial charge in [-0.1, -0.05) is 36.9 Å². The van der Waals surface area contributed by atoms with Crippen molar-refractivity contribution in [1.29, 1.82) is 0 Å². The fraction of sp³-hybridized carbons (Fsp3) is 0.522. The number of hydrogen-bond donors (Lipinski definition) is 2. The molecule has 0 atom stereocenters. The molecule has 0 spiro atoms. The molecule has 30 heavy (non-hydrogen) atoms. The van der Waals surface area contributed by atoms with Gasteiger partial charge in [-0.15, -0.1) is 0 Å². The molecule has 1 saturated carbocycles. The molecule has 6 nitrogen and oxygen atoms in total. The quantitative estimate of drug-likeness (QED) is 0.656. The van der Waals surface area contributed by atoms with Crippen molar-refractivity contribution in [3.63, 3.8) is 0 Å². The number of rotatable bonds is 7. The van der Waals surface area contributed by atoms with E-state index >= 15 is 0 Å². The second-order valence-corrected chi connectivity index (χ2v) is 8.55. The first-order valence-electron chi connectivity index (χ1n) is 10.7. The minimum atomic E-state index is -0.0744. The number of benzene rings is 1. The summed E-state index contributed by atoms with van der Waals surface area (Å²) in [6.07, 6.45) is 5.71. The maximum Gasteiger partial charge on any atom is 0.224 e. The first-order chi connectivity index (χ1) is 14.4. The third-order valence-electron chi connectivity index (χ3n) is 5.90. The van der Waals surface area contributed by atoms with Crippen molar-refractivity contribution in [3.05, 3.63) is 45.7 Å². The Morgan fingerprint density at radius 1 is 1.10 bits per heavy atom. The smallest absolute Gasteiger partial charge is 0.224 e. The van der Waals surface area contributed by atoms with Crippen LogP contribution >= 0.6 is 11.6 Å². The van der Waals surface area contributed by atoms with Gasteiger partial charge >= 0.3 is 0 Å². The van der Waals surface area contributed by atoms with Crippen molar-refractivity contribution in [2.75, 3.05) is 13.1 Å². The van der Waals surface area contributed by atoms with Gasteiger partial charge in [-0.3, -0.25) is 9.59 Å². The van der Waals surface area contributed by atoms with E-state index < -0.39 is 0 Å². The lowest BCUT2D eigenvalue weighted by Gasteiger charge is -2.20. The highest BCUT2D eigenvalue weighted by Gasteiger charge is 2.20. The maximum atomic E-state index is 12.4. The standard InChI is InChI=1S/C23H31ClN4O2/c1-15-9-10-19(13-21(15)24)28-17(3)20(16(2)27-28)14-22(29)25-11-12-26-23(30)18-7-5-4-6-8-18/h9-10,13,18H,4-8,11-12,14H2,1-3H3,(H,25,29)(H,26,30). The van der Waals surface area contributed by atoms with Crippen LogP contribution in [0.15, 0.2) is 18.2 Å². The number of nitrogens with zero attached hydrogens (tertiary/aromatic N) is 2. The SMILES string of the molecule is Cc1ccc(-n2nc(C)c(CC(=O)NCCNC(=O)C3CCCCC3)c2C)cc1Cl. The highest BCUT2D eigenvalue weighted by atomic mass is 35.5. The van der Waals surface area contributed by atoms with E-state index in [1.165, 1.54) is 6.42 Å². The van der Waals surface area contributed by atoms with E-state index in [2.05, 4.69) is 15.7 Å². The van der Waals surface area contributed by atoms with Gasteiger partial charge in [-0.25, -0.2) is 4.68 Å². The number of aryl methyl sites for hydroxylation is 2. The third-order valence-corrected chi connectivity index (χ3v) is 6.31. The Morgan fingerprint density at radius 2 is 1.80 bits per heavy atom. The highest BCUT2D eigenvalue weighted by molar-refractivity contribution is 6.31. The highest BCUT2D eigenvalue weighted by Crippen LogP contribution is 2.24. The molecule has 3 rings (SSSR count). The van der Waals surface area contributed by atoms with Crippen molar-refractivity contribution in [2.24, 2.45) is 5.92 Å². The minimum absolute atomic E-state index is 0.0744. The molecular formula is C23H31ClN4O2. The summed E-state index contributed by atoms with van der Waals surface area (Å²) in [7, 11) is 0. The molecule has 162 valence electrons. The predicted octanol–water partition coefficient (Wildman–Crippen LogP) is 3.81. The van der Waals surface area contributed by atoms with Gasteiger partial charge in [-0.05, 0) is 51.3 Å². The van der Waals surface area contributed by atoms with E-state index in [9.17, 15) is 9.59 Å². The van der Waals surface area contributed by atoms with Gasteiger partial charge in [-0.2, -0.15) is 5.10 Å². The average molecular weight is 431 g/mol. The fourth-order valence-electron chi connectivity index (χ4n) is 4.02. The van der Waals surface area contributed by atoms with E-state index in [4.69, 9.17) is 11.6 Å². The van der Waals surface area contributed by atoms with Gasteiger partial charge in [0.05, 0.1) is 17.8 Å². The maximum absolute atomic E-state index is 12.4. The van der Waals surface area contributed by atoms with Crippen molar-refractivity contribution < 1.29 is 9.59 Å². The summed E-state index contributed by atoms with van der Waals surface area (Å²) in [5.41, 5.74) is 4.55. The Labute approximate surface area is 183 Å². The van der Waals surface area contributed by atoms with Crippen LogP contribution in [0.5, 0.6) is 0 Å². The van der Waals surface area contributed by atoms with E-state index in [0.717, 1.165) is 53.9 Å². The van der Waals surface area contributed by atoms with Crippen LogP contribution < -0.4 is 10.6 Å². The molecule has 0 unspecified atom stereocenters. The summed E-state index contributed by atoms with van der Waals surface area (Å²) < 4.78 is 1.83. The lowest BCUT2D eigenvalue weighted by molar-refractivity contribution is -0.126. The van der Waals surface area contributed by atoms with Crippen LogP contribution in [-0.2, 0) is 16.0 Å². The van der Waals surface area contributed by atoms with Crippen LogP contribution in [-0.4, -0.2) is 34.7 Å². The monoisotopic (exact) mass is 430 g/mol. The Balaban J connectivity index is 1.52. The Kier molecular flexibility index (Phi) is 7.53. The summed E-state index contributed by atoms with van der Waals surface area (Å²) in [5, 5.41) is 11.1. The lowest BCUT2D eigenvalue weighted by atomic mass is 9.89. The summed E-state index contributed by atoms with van der Waals surface area (Å²) in [4.78, 5) is 24.6. The van der Waals surface area contributed by atoms with E-state index in [0.29, 0.717) is 18.1 Å². The van der Waals surface area contributed by atoms with Gasteiger partial charge in [0.2, 0.25) is 11.8 Å². The van der Waals surface area contributed by atoms with Crippen molar-refractivity contribution >= 4 is 23.4 Å². The number of hydrogen-bond acceptors (Lipinski definition) is 3. The van der Waals surface area contributed by atoms with Crippen LogP contribution in [0, 0.1) is 26.7 Å². The van der Waals surface area contributed by atoms with Gasteiger partial charge in [0.25, 0.3) is 0 Å². The third kappa shape index (κ3) is 5.42. The predicted molar refractivity (Wildman–Crippen MR) is 119 cm³/mol. The summed E-state index contributed by atoms with van der Waals surface area (Å²) in [6.45, 7) is 6.71. The zero-order valence-electron chi connectivity index (χ0n) is 18.1. The van der Waals surface area contributed by atoms with Crippen LogP contribution in [0.3, 0.4) is 0 Å². The molecule has 2 amide bonds. The number of nitrogens with one attached hydrogen (secondary N) is 2. The molecule has 2 aromatic rings. The van der Waals surface area contributed by atoms with E-state index in [1.54, 1.807) is 0 Å². The summed E-state index contributed by atoms with van der Waals surface area (Å²) >= 11 is 6.25. The van der Waals surface area contributed by atoms with Crippen LogP contribution in [0.1, 0.15) is 54.6 Å². The Bertz CT molecular complexity index is 916. The number of halogens is 1. The molecule has 1 heterocycles. The van der Waals surface area contributed by atoms with Gasteiger partial charge < -0.3 is 10.6 Å². The van der Waals surface area contributed by atoms with Gasteiger partial charge in [0.15, 0.2) is 0 Å². The second-order valence-electron chi connectivity index (χ2n) is 8.15. The van der Waals surface area contributed by atoms with E-state index in [1.807, 2.05) is 43.7 Å². The number of carbonyl (C=O) groups is 2. The van der Waals surface area contributed by atoms with Crippen molar-refractivity contribution in [2.45, 2.75) is 59.3 Å². The van der Waals surface area contributed by atoms with Crippen LogP contribution in [0.2, 0.25) is 5.02 Å². The first kappa shape index (κ1) is 22.3. The molecule has 7 heteroatoms. The largest absolute Gasteiger partial charge is 0.354 e. The van der Waals surface area contributed by atoms with Crippen molar-refractivity contribution in [3.8, 4) is 5.69 Å². The van der Waals surface area contributed by atoms with Crippen molar-refractivity contribution in [1.82, 2.24) is 20.4 Å². The second kappa shape index (κ2) is 10.1. The van der Waals surface area contributed by atoms with Crippen LogP contribution in [0.4, 0.5) is 0 Å². The molecular weight excluding hydrogens is 400 g/mol. The molecule has 1 fully saturated rings. The number of amides is 2. The zero-order chi connectivity index (χ0) is 21.7. The zero-order valence-corrected chi connectivity index (χ0v) is 18.8. The number of carbonyl (C=O) groups excluding carboxylic acids is 2.